The number of rotatable bonds is 18. The first kappa shape index (κ1) is 27.4. The summed E-state index contributed by atoms with van der Waals surface area (Å²) in [5.74, 6) is -1.20. The molecule has 2 atom stereocenters. The number of carbonyl (C=O) groups is 3. The predicted molar refractivity (Wildman–Crippen MR) is 123 cm³/mol. The number of nitrogens with two attached hydrogens (primary N) is 1. The van der Waals surface area contributed by atoms with Crippen molar-refractivity contribution in [2.24, 2.45) is 5.73 Å². The Hall–Kier alpha value is -1.63. The fraction of sp³-hybridized carbons (Fsp3) is 0.875. The van der Waals surface area contributed by atoms with Crippen molar-refractivity contribution in [3.05, 3.63) is 0 Å². The number of likely N-dealkylation sites (tertiary alicyclic amines) is 1. The summed E-state index contributed by atoms with van der Waals surface area (Å²) < 4.78 is 0. The second-order valence-corrected chi connectivity index (χ2v) is 8.89. The zero-order chi connectivity index (χ0) is 22.9. The summed E-state index contributed by atoms with van der Waals surface area (Å²) >= 11 is 0. The second kappa shape index (κ2) is 17.0. The van der Waals surface area contributed by atoms with Gasteiger partial charge < -0.3 is 21.1 Å². The lowest BCUT2D eigenvalue weighted by atomic mass is 10.0. The van der Waals surface area contributed by atoms with E-state index in [2.05, 4.69) is 12.2 Å². The molecule has 31 heavy (non-hydrogen) atoms. The smallest absolute Gasteiger partial charge is 0.248 e. The molecule has 0 unspecified atom stereocenters. The van der Waals surface area contributed by atoms with E-state index in [1.807, 2.05) is 0 Å². The molecular weight excluding hydrogens is 394 g/mol. The van der Waals surface area contributed by atoms with Crippen LogP contribution in [-0.4, -0.2) is 53.0 Å². The van der Waals surface area contributed by atoms with E-state index in [-0.39, 0.29) is 5.91 Å². The number of unbranched alkanes of at least 4 members (excludes halogenated alkanes) is 12. The fourth-order valence-corrected chi connectivity index (χ4v) is 4.28. The van der Waals surface area contributed by atoms with E-state index in [1.165, 1.54) is 69.1 Å². The largest absolute Gasteiger partial charge is 0.394 e. The molecule has 1 rings (SSSR count). The van der Waals surface area contributed by atoms with E-state index < -0.39 is 30.5 Å². The number of amides is 3. The maximum atomic E-state index is 12.6. The Balaban J connectivity index is 2.07. The number of nitrogens with zero attached hydrogens (tertiary/aromatic N) is 1. The summed E-state index contributed by atoms with van der Waals surface area (Å²) in [4.78, 5) is 37.6. The zero-order valence-electron chi connectivity index (χ0n) is 19.6. The van der Waals surface area contributed by atoms with Gasteiger partial charge in [0.1, 0.15) is 12.1 Å². The number of carbonyl (C=O) groups excluding carboxylic acids is 3. The molecule has 1 aliphatic rings. The lowest BCUT2D eigenvalue weighted by Crippen LogP contribution is -2.54. The van der Waals surface area contributed by atoms with Gasteiger partial charge in [-0.2, -0.15) is 0 Å². The summed E-state index contributed by atoms with van der Waals surface area (Å²) in [5, 5.41) is 12.2. The third kappa shape index (κ3) is 11.5. The number of aliphatic hydroxyl groups is 1. The second-order valence-electron chi connectivity index (χ2n) is 8.89. The molecule has 0 aromatic rings. The zero-order valence-corrected chi connectivity index (χ0v) is 19.6. The molecule has 1 heterocycles. The van der Waals surface area contributed by atoms with Crippen molar-refractivity contribution in [1.82, 2.24) is 10.2 Å². The average molecular weight is 440 g/mol. The minimum Gasteiger partial charge on any atom is -0.394 e. The van der Waals surface area contributed by atoms with Crippen LogP contribution < -0.4 is 11.1 Å². The highest BCUT2D eigenvalue weighted by Crippen LogP contribution is 2.18. The third-order valence-electron chi connectivity index (χ3n) is 6.19. The maximum Gasteiger partial charge on any atom is 0.248 e. The summed E-state index contributed by atoms with van der Waals surface area (Å²) in [6.45, 7) is 2.19. The van der Waals surface area contributed by atoms with Gasteiger partial charge in [-0.3, -0.25) is 14.4 Å². The Morgan fingerprint density at radius 3 is 1.94 bits per heavy atom. The van der Waals surface area contributed by atoms with Crippen LogP contribution in [0.5, 0.6) is 0 Å². The van der Waals surface area contributed by atoms with Gasteiger partial charge in [-0.1, -0.05) is 84.0 Å². The highest BCUT2D eigenvalue weighted by molar-refractivity contribution is 5.92. The highest BCUT2D eigenvalue weighted by Gasteiger charge is 2.36. The molecular formula is C24H45N3O4. The molecule has 0 aliphatic carbocycles. The molecule has 3 amide bonds. The molecule has 7 nitrogen and oxygen atoms in total. The minimum atomic E-state index is -1.01. The Labute approximate surface area is 188 Å². The average Bonchev–Trinajstić information content (AvgIpc) is 3.25. The molecule has 1 saturated heterocycles. The molecule has 1 fully saturated rings. The first-order chi connectivity index (χ1) is 15.0. The van der Waals surface area contributed by atoms with Crippen molar-refractivity contribution in [3.8, 4) is 0 Å². The molecule has 0 radical (unpaired) electrons. The first-order valence-corrected chi connectivity index (χ1v) is 12.5. The van der Waals surface area contributed by atoms with Gasteiger partial charge in [0, 0.05) is 13.0 Å². The van der Waals surface area contributed by atoms with Gasteiger partial charge in [0.15, 0.2) is 0 Å². The third-order valence-corrected chi connectivity index (χ3v) is 6.19. The van der Waals surface area contributed by atoms with Gasteiger partial charge in [0.2, 0.25) is 17.7 Å². The van der Waals surface area contributed by atoms with Crippen molar-refractivity contribution in [2.75, 3.05) is 13.2 Å². The van der Waals surface area contributed by atoms with Crippen molar-refractivity contribution < 1.29 is 19.5 Å². The minimum absolute atomic E-state index is 0.231. The topological polar surface area (TPSA) is 113 Å². The van der Waals surface area contributed by atoms with Crippen LogP contribution in [0.1, 0.15) is 110 Å². The van der Waals surface area contributed by atoms with Gasteiger partial charge in [-0.15, -0.1) is 0 Å². The summed E-state index contributed by atoms with van der Waals surface area (Å²) in [6.07, 6.45) is 17.7. The summed E-state index contributed by atoms with van der Waals surface area (Å²) in [7, 11) is 0. The van der Waals surface area contributed by atoms with Gasteiger partial charge in [-0.25, -0.2) is 0 Å². The monoisotopic (exact) mass is 439 g/mol. The molecule has 0 saturated carbocycles. The molecule has 0 bridgehead atoms. The molecule has 180 valence electrons. The summed E-state index contributed by atoms with van der Waals surface area (Å²) in [5.41, 5.74) is 5.35. The number of nitrogens with one attached hydrogen (secondary N) is 1. The van der Waals surface area contributed by atoms with Crippen LogP contribution in [0.2, 0.25) is 0 Å². The van der Waals surface area contributed by atoms with Crippen LogP contribution in [0.4, 0.5) is 0 Å². The molecule has 0 spiro atoms. The Bertz CT molecular complexity index is 527. The van der Waals surface area contributed by atoms with Crippen LogP contribution in [0.15, 0.2) is 0 Å². The van der Waals surface area contributed by atoms with Crippen molar-refractivity contribution in [3.63, 3.8) is 0 Å². The van der Waals surface area contributed by atoms with Crippen LogP contribution in [0, 0.1) is 0 Å². The quantitative estimate of drug-likeness (QED) is 0.284. The van der Waals surface area contributed by atoms with E-state index in [1.54, 1.807) is 0 Å². The first-order valence-electron chi connectivity index (χ1n) is 12.5. The molecule has 0 aromatic carbocycles. The van der Waals surface area contributed by atoms with E-state index in [4.69, 9.17) is 5.73 Å². The van der Waals surface area contributed by atoms with Gasteiger partial charge in [-0.05, 0) is 19.3 Å². The van der Waals surface area contributed by atoms with Crippen LogP contribution in [-0.2, 0) is 14.4 Å². The standard InChI is InChI=1S/C24H45N3O4/c1-2-3-4-5-6-7-8-9-10-11-12-13-14-17-22(29)26-20(19-28)24(31)27-18-15-16-21(27)23(25)30/h20-21,28H,2-19H2,1H3,(H2,25,30)(H,26,29)/t20-,21-/m0/s1. The normalized spacial score (nSPS) is 17.0. The fourth-order valence-electron chi connectivity index (χ4n) is 4.28. The maximum absolute atomic E-state index is 12.6. The van der Waals surface area contributed by atoms with E-state index in [0.29, 0.717) is 25.8 Å². The number of hydrogen-bond donors (Lipinski definition) is 3. The van der Waals surface area contributed by atoms with Gasteiger partial charge in [0.25, 0.3) is 0 Å². The van der Waals surface area contributed by atoms with Crippen molar-refractivity contribution >= 4 is 17.7 Å². The lowest BCUT2D eigenvalue weighted by Gasteiger charge is -2.26. The lowest BCUT2D eigenvalue weighted by molar-refractivity contribution is -0.141. The number of hydrogen-bond acceptors (Lipinski definition) is 4. The highest BCUT2D eigenvalue weighted by atomic mass is 16.3. The van der Waals surface area contributed by atoms with Crippen LogP contribution in [0.25, 0.3) is 0 Å². The number of primary amides is 1. The predicted octanol–water partition coefficient (Wildman–Crippen LogP) is 3.42. The van der Waals surface area contributed by atoms with Crippen molar-refractivity contribution in [1.29, 1.82) is 0 Å². The van der Waals surface area contributed by atoms with Gasteiger partial charge in [0.05, 0.1) is 6.61 Å². The molecule has 0 aromatic heterocycles. The molecule has 1 aliphatic heterocycles. The van der Waals surface area contributed by atoms with Crippen molar-refractivity contribution in [2.45, 2.75) is 122 Å². The Kier molecular flexibility index (Phi) is 15.0. The van der Waals surface area contributed by atoms with Crippen LogP contribution >= 0.6 is 0 Å². The van der Waals surface area contributed by atoms with Crippen LogP contribution in [0.3, 0.4) is 0 Å². The van der Waals surface area contributed by atoms with E-state index >= 15 is 0 Å². The molecule has 7 heteroatoms. The van der Waals surface area contributed by atoms with E-state index in [9.17, 15) is 19.5 Å². The van der Waals surface area contributed by atoms with E-state index in [0.717, 1.165) is 19.3 Å². The molecule has 4 N–H and O–H groups in total. The number of aliphatic hydroxyl groups excluding tert-OH is 1. The summed E-state index contributed by atoms with van der Waals surface area (Å²) in [6, 6.07) is -1.64. The van der Waals surface area contributed by atoms with Gasteiger partial charge >= 0.3 is 0 Å². The SMILES string of the molecule is CCCCCCCCCCCCCCCC(=O)N[C@@H](CO)C(=O)N1CCC[C@H]1C(N)=O. The Morgan fingerprint density at radius 1 is 0.935 bits per heavy atom. The Morgan fingerprint density at radius 2 is 1.45 bits per heavy atom.